The van der Waals surface area contributed by atoms with Gasteiger partial charge in [0.15, 0.2) is 18.2 Å². The summed E-state index contributed by atoms with van der Waals surface area (Å²) in [5, 5.41) is 16.1. The number of carbonyl (C=O) groups excluding carboxylic acids is 2. The summed E-state index contributed by atoms with van der Waals surface area (Å²) in [6, 6.07) is 6.26. The van der Waals surface area contributed by atoms with E-state index < -0.39 is 73.7 Å². The molecule has 3 amide bonds. The molecule has 5 saturated heterocycles. The van der Waals surface area contributed by atoms with Crippen LogP contribution in [0.1, 0.15) is 98.6 Å². The van der Waals surface area contributed by atoms with Gasteiger partial charge >= 0.3 is 13.7 Å². The van der Waals surface area contributed by atoms with Crippen LogP contribution in [0.4, 0.5) is 4.79 Å². The van der Waals surface area contributed by atoms with Gasteiger partial charge in [0.25, 0.3) is 0 Å². The van der Waals surface area contributed by atoms with Gasteiger partial charge in [-0.25, -0.2) is 14.6 Å². The van der Waals surface area contributed by atoms with E-state index in [1.807, 2.05) is 51.1 Å². The van der Waals surface area contributed by atoms with Gasteiger partial charge in [-0.1, -0.05) is 58.0 Å². The topological polar surface area (TPSA) is 180 Å². The molecule has 6 aliphatic rings. The number of nitrogens with zero attached hydrogens (tertiary/aromatic N) is 1. The summed E-state index contributed by atoms with van der Waals surface area (Å²) in [7, 11) is -3.59. The smallest absolute Gasteiger partial charge is 0.408 e. The molecule has 7 rings (SSSR count). The molecule has 15 nitrogen and oxygen atoms in total. The second kappa shape index (κ2) is 17.5. The van der Waals surface area contributed by atoms with Crippen molar-refractivity contribution in [1.29, 1.82) is 0 Å². The minimum atomic E-state index is -3.59. The third-order valence-electron chi connectivity index (χ3n) is 12.1. The van der Waals surface area contributed by atoms with E-state index >= 15 is 0 Å². The van der Waals surface area contributed by atoms with Crippen molar-refractivity contribution in [3.63, 3.8) is 0 Å². The van der Waals surface area contributed by atoms with E-state index in [0.717, 1.165) is 24.2 Å². The number of ether oxygens (including phenoxy) is 3. The van der Waals surface area contributed by atoms with Crippen molar-refractivity contribution in [2.75, 3.05) is 19.8 Å². The Morgan fingerprint density at radius 1 is 1.04 bits per heavy atom. The highest BCUT2D eigenvalue weighted by molar-refractivity contribution is 7.57. The van der Waals surface area contributed by atoms with Gasteiger partial charge in [0, 0.05) is 30.5 Å². The van der Waals surface area contributed by atoms with Crippen LogP contribution in [0.3, 0.4) is 0 Å². The molecule has 56 heavy (non-hydrogen) atoms. The van der Waals surface area contributed by atoms with Crippen molar-refractivity contribution in [2.45, 2.75) is 135 Å². The summed E-state index contributed by atoms with van der Waals surface area (Å²) in [6.07, 6.45) is 1.98. The van der Waals surface area contributed by atoms with Crippen LogP contribution in [0, 0.1) is 29.6 Å². The summed E-state index contributed by atoms with van der Waals surface area (Å²) in [6.45, 7) is 13.7. The fourth-order valence-corrected chi connectivity index (χ4v) is 10.7. The summed E-state index contributed by atoms with van der Waals surface area (Å²) < 4.78 is 43.7. The number of fused-ring (bicyclic) bond motifs is 2. The van der Waals surface area contributed by atoms with Crippen molar-refractivity contribution in [3.8, 4) is 0 Å². The van der Waals surface area contributed by atoms with Gasteiger partial charge in [0.2, 0.25) is 17.6 Å². The van der Waals surface area contributed by atoms with E-state index in [-0.39, 0.29) is 56.3 Å². The maximum atomic E-state index is 14.0. The standard InChI is InChI=1S/C40H60N3O12P/c1-8-49-56(48,50-9-2)20-18-31(27-13-11-10-12-14-27)41-34(44)32(21-24(3)4)42-35(45)33-22-28(23-43(33)38(46)47)51-36-26(6)30-16-15-25(5)29-17-19-39(7)53-37(52-36)40(29,30)55-54-39/h10-14,18,20,24-26,28-33,36-37H,8-9,15-17,19,21-23H2,1-7H3,(H,41,44)(H,42,45)(H,46,47)/b20-18+/t25-,26-,28-,29+,30+,31?,32?,33+,36+,37-,39-,40-/m1/s1. The van der Waals surface area contributed by atoms with E-state index in [2.05, 4.69) is 24.5 Å². The zero-order chi connectivity index (χ0) is 40.4. The second-order valence-electron chi connectivity index (χ2n) is 16.5. The van der Waals surface area contributed by atoms with Crippen LogP contribution < -0.4 is 10.6 Å². The number of carbonyl (C=O) groups is 3. The molecule has 312 valence electrons. The van der Waals surface area contributed by atoms with Crippen molar-refractivity contribution < 1.29 is 57.1 Å². The van der Waals surface area contributed by atoms with E-state index in [1.165, 1.54) is 5.82 Å². The third kappa shape index (κ3) is 8.90. The van der Waals surface area contributed by atoms with Crippen molar-refractivity contribution in [1.82, 2.24) is 15.5 Å². The van der Waals surface area contributed by atoms with Crippen LogP contribution in [0.15, 0.2) is 42.2 Å². The van der Waals surface area contributed by atoms with Gasteiger partial charge in [-0.2, -0.15) is 0 Å². The Morgan fingerprint density at radius 3 is 2.41 bits per heavy atom. The number of benzene rings is 1. The first-order valence-electron chi connectivity index (χ1n) is 20.2. The first-order chi connectivity index (χ1) is 26.6. The van der Waals surface area contributed by atoms with Gasteiger partial charge in [-0.15, -0.1) is 0 Å². The Balaban J connectivity index is 1.16. The quantitative estimate of drug-likeness (QED) is 0.130. The van der Waals surface area contributed by atoms with Gasteiger partial charge in [0.05, 0.1) is 31.9 Å². The first kappa shape index (κ1) is 42.7. The SMILES string of the molecule is CCOP(=O)(/C=C/C(NC(=O)C(CC(C)C)NC(=O)[C@@H]1C[C@@H](O[C@H]2O[C@@H]3O[C@@]4(C)CC[C@H]5[C@H](C)CC[C@@H]([C@H]2C)[C@@]35OO4)CN1C(=O)O)c1ccccc1)OCC. The molecule has 1 aromatic carbocycles. The fourth-order valence-electron chi connectivity index (χ4n) is 9.38. The number of nitrogens with one attached hydrogen (secondary N) is 2. The van der Waals surface area contributed by atoms with Gasteiger partial charge in [0.1, 0.15) is 12.1 Å². The summed E-state index contributed by atoms with van der Waals surface area (Å²) in [5.74, 6) is -0.248. The molecule has 6 fully saturated rings. The molecule has 1 saturated carbocycles. The number of amides is 3. The highest BCUT2D eigenvalue weighted by atomic mass is 31.2. The molecule has 0 aromatic heterocycles. The van der Waals surface area contributed by atoms with E-state index in [0.29, 0.717) is 17.9 Å². The Morgan fingerprint density at radius 2 is 1.75 bits per heavy atom. The molecular weight excluding hydrogens is 745 g/mol. The number of hydrogen-bond acceptors (Lipinski definition) is 11. The molecule has 1 aliphatic carbocycles. The number of likely N-dealkylation sites (tertiary alicyclic amines) is 1. The Bertz CT molecular complexity index is 1620. The molecule has 12 atom stereocenters. The molecular formula is C40H60N3O12P. The van der Waals surface area contributed by atoms with Crippen LogP contribution in [0.25, 0.3) is 0 Å². The second-order valence-corrected chi connectivity index (χ2v) is 18.4. The number of carboxylic acid groups (broad SMARTS) is 1. The molecule has 1 aromatic rings. The lowest BCUT2D eigenvalue weighted by molar-refractivity contribution is -0.578. The number of rotatable bonds is 15. The normalized spacial score (nSPS) is 35.2. The van der Waals surface area contributed by atoms with Crippen molar-refractivity contribution in [2.24, 2.45) is 29.6 Å². The predicted octanol–water partition coefficient (Wildman–Crippen LogP) is 6.50. The highest BCUT2D eigenvalue weighted by Crippen LogP contribution is 2.60. The minimum Gasteiger partial charge on any atom is -0.465 e. The van der Waals surface area contributed by atoms with E-state index in [4.69, 9.17) is 33.0 Å². The highest BCUT2D eigenvalue weighted by Gasteiger charge is 2.69. The maximum absolute atomic E-state index is 14.0. The van der Waals surface area contributed by atoms with Gasteiger partial charge in [-0.3, -0.25) is 19.1 Å². The molecule has 3 N–H and O–H groups in total. The molecule has 2 bridgehead atoms. The average molecular weight is 806 g/mol. The first-order valence-corrected chi connectivity index (χ1v) is 21.8. The minimum absolute atomic E-state index is 0.00292. The predicted molar refractivity (Wildman–Crippen MR) is 204 cm³/mol. The zero-order valence-corrected chi connectivity index (χ0v) is 34.5. The van der Waals surface area contributed by atoms with Crippen LogP contribution in [-0.4, -0.2) is 89.8 Å². The fraction of sp³-hybridized carbons (Fsp3) is 0.725. The summed E-state index contributed by atoms with van der Waals surface area (Å²) in [5.41, 5.74) is -0.0659. The van der Waals surface area contributed by atoms with Crippen LogP contribution in [0.2, 0.25) is 0 Å². The van der Waals surface area contributed by atoms with Crippen LogP contribution in [-0.2, 0) is 47.2 Å². The molecule has 0 radical (unpaired) electrons. The Kier molecular flexibility index (Phi) is 13.4. The summed E-state index contributed by atoms with van der Waals surface area (Å²) >= 11 is 0. The van der Waals surface area contributed by atoms with Gasteiger partial charge in [-0.05, 0) is 75.8 Å². The third-order valence-corrected chi connectivity index (χ3v) is 13.9. The Labute approximate surface area is 329 Å². The monoisotopic (exact) mass is 805 g/mol. The molecule has 5 heterocycles. The van der Waals surface area contributed by atoms with Crippen LogP contribution >= 0.6 is 7.60 Å². The largest absolute Gasteiger partial charge is 0.465 e. The molecule has 16 heteroatoms. The molecule has 5 aliphatic heterocycles. The average Bonchev–Trinajstić information content (AvgIpc) is 3.45. The number of hydrogen-bond donors (Lipinski definition) is 3. The summed E-state index contributed by atoms with van der Waals surface area (Å²) in [4.78, 5) is 53.8. The lowest BCUT2D eigenvalue weighted by Gasteiger charge is -2.60. The maximum Gasteiger partial charge on any atom is 0.408 e. The Hall–Kier alpha value is -2.88. The van der Waals surface area contributed by atoms with Crippen molar-refractivity contribution in [3.05, 3.63) is 47.8 Å². The zero-order valence-electron chi connectivity index (χ0n) is 33.6. The molecule has 2 unspecified atom stereocenters. The van der Waals surface area contributed by atoms with Gasteiger partial charge < -0.3 is 39.0 Å². The van der Waals surface area contributed by atoms with Crippen molar-refractivity contribution >= 4 is 25.5 Å². The van der Waals surface area contributed by atoms with Crippen LogP contribution in [0.5, 0.6) is 0 Å². The lowest BCUT2D eigenvalue weighted by atomic mass is 9.58. The van der Waals surface area contributed by atoms with E-state index in [9.17, 15) is 24.1 Å². The lowest BCUT2D eigenvalue weighted by Crippen LogP contribution is -2.70. The van der Waals surface area contributed by atoms with E-state index in [1.54, 1.807) is 19.9 Å². The molecule has 1 spiro atoms.